The van der Waals surface area contributed by atoms with Crippen LogP contribution in [0.2, 0.25) is 0 Å². The number of nitrogens with one attached hydrogen (secondary N) is 1. The summed E-state index contributed by atoms with van der Waals surface area (Å²) < 4.78 is 11.3. The van der Waals surface area contributed by atoms with Gasteiger partial charge in [0, 0.05) is 43.6 Å². The molecule has 0 radical (unpaired) electrons. The van der Waals surface area contributed by atoms with Gasteiger partial charge in [0.2, 0.25) is 0 Å². The standard InChI is InChI=1S/C22H28N4O3/c27-22(23-20-16-25-7-3-17(20)4-8-25)26-9-5-21-18(15-26)14-19(29-21)2-1-6-24-10-12-28-13-11-24/h5,9,14-15,17,20-21H,3-4,6-8,10-13,16H2,(H,23,27)/t20-,21?/m0/s1. The van der Waals surface area contributed by atoms with Crippen molar-refractivity contribution in [3.63, 3.8) is 0 Å². The Balaban J connectivity index is 1.18. The monoisotopic (exact) mass is 396 g/mol. The van der Waals surface area contributed by atoms with Gasteiger partial charge in [-0.05, 0) is 49.9 Å². The lowest BCUT2D eigenvalue weighted by molar-refractivity contribution is 0.0443. The van der Waals surface area contributed by atoms with Crippen molar-refractivity contribution in [1.29, 1.82) is 0 Å². The molecule has 2 bridgehead atoms. The van der Waals surface area contributed by atoms with Gasteiger partial charge in [-0.2, -0.15) is 0 Å². The number of amides is 2. The third-order valence-corrected chi connectivity index (χ3v) is 6.41. The quantitative estimate of drug-likeness (QED) is 0.709. The number of rotatable bonds is 2. The van der Waals surface area contributed by atoms with Crippen molar-refractivity contribution < 1.29 is 14.3 Å². The van der Waals surface area contributed by atoms with Crippen molar-refractivity contribution in [1.82, 2.24) is 20.0 Å². The second-order valence-corrected chi connectivity index (χ2v) is 8.31. The molecule has 0 aromatic rings. The molecule has 1 N–H and O–H groups in total. The van der Waals surface area contributed by atoms with E-state index in [1.165, 1.54) is 25.9 Å². The number of urea groups is 1. The minimum Gasteiger partial charge on any atom is -0.473 e. The predicted molar refractivity (Wildman–Crippen MR) is 109 cm³/mol. The van der Waals surface area contributed by atoms with Crippen molar-refractivity contribution in [2.75, 3.05) is 52.5 Å². The smallest absolute Gasteiger partial charge is 0.325 e. The molecular formula is C22H28N4O3. The van der Waals surface area contributed by atoms with Gasteiger partial charge in [0.25, 0.3) is 0 Å². The highest BCUT2D eigenvalue weighted by Crippen LogP contribution is 2.29. The zero-order valence-corrected chi connectivity index (χ0v) is 16.7. The number of ether oxygens (including phenoxy) is 2. The molecule has 0 spiro atoms. The molecular weight excluding hydrogens is 368 g/mol. The maximum atomic E-state index is 12.8. The summed E-state index contributed by atoms with van der Waals surface area (Å²) in [6, 6.07) is 0.192. The number of allylic oxidation sites excluding steroid dienone is 1. The molecule has 0 aliphatic carbocycles. The second-order valence-electron chi connectivity index (χ2n) is 8.31. The maximum absolute atomic E-state index is 12.8. The van der Waals surface area contributed by atoms with Crippen molar-refractivity contribution in [2.45, 2.75) is 25.0 Å². The van der Waals surface area contributed by atoms with Crippen LogP contribution in [0, 0.1) is 17.8 Å². The molecule has 29 heavy (non-hydrogen) atoms. The first-order valence-electron chi connectivity index (χ1n) is 10.6. The van der Waals surface area contributed by atoms with Crippen molar-refractivity contribution in [3.05, 3.63) is 35.9 Å². The maximum Gasteiger partial charge on any atom is 0.325 e. The van der Waals surface area contributed by atoms with Crippen LogP contribution in [0.15, 0.2) is 35.9 Å². The third kappa shape index (κ3) is 4.20. The zero-order valence-electron chi connectivity index (χ0n) is 16.7. The summed E-state index contributed by atoms with van der Waals surface area (Å²) in [5.41, 5.74) is 0.965. The van der Waals surface area contributed by atoms with E-state index in [0.29, 0.717) is 11.7 Å². The van der Waals surface area contributed by atoms with Crippen LogP contribution in [0.3, 0.4) is 0 Å². The van der Waals surface area contributed by atoms with Crippen LogP contribution in [-0.4, -0.2) is 85.4 Å². The van der Waals surface area contributed by atoms with Gasteiger partial charge in [-0.15, -0.1) is 0 Å². The van der Waals surface area contributed by atoms with Gasteiger partial charge in [0.1, 0.15) is 6.10 Å². The van der Waals surface area contributed by atoms with Gasteiger partial charge < -0.3 is 19.7 Å². The SMILES string of the molecule is O=C(N[C@H]1CN2CCC1CC2)N1C=CC2OC(C#CCN3CCOCC3)=CC2=C1. The van der Waals surface area contributed by atoms with Crippen LogP contribution in [0.4, 0.5) is 4.79 Å². The van der Waals surface area contributed by atoms with Crippen LogP contribution in [0.25, 0.3) is 0 Å². The number of carbonyl (C=O) groups is 1. The Bertz CT molecular complexity index is 795. The van der Waals surface area contributed by atoms with E-state index >= 15 is 0 Å². The Morgan fingerprint density at radius 3 is 2.79 bits per heavy atom. The number of nitrogens with zero attached hydrogens (tertiary/aromatic N) is 3. The molecule has 0 saturated carbocycles. The van der Waals surface area contributed by atoms with Crippen LogP contribution in [-0.2, 0) is 9.47 Å². The molecule has 4 fully saturated rings. The Hall–Kier alpha value is -2.27. The summed E-state index contributed by atoms with van der Waals surface area (Å²) in [6.07, 6.45) is 9.73. The average molecular weight is 396 g/mol. The van der Waals surface area contributed by atoms with Gasteiger partial charge in [-0.1, -0.05) is 5.92 Å². The Morgan fingerprint density at radius 1 is 1.21 bits per heavy atom. The van der Waals surface area contributed by atoms with E-state index < -0.39 is 0 Å². The molecule has 6 rings (SSSR count). The van der Waals surface area contributed by atoms with Gasteiger partial charge in [-0.3, -0.25) is 9.80 Å². The van der Waals surface area contributed by atoms with E-state index in [1.54, 1.807) is 11.1 Å². The van der Waals surface area contributed by atoms with E-state index in [0.717, 1.165) is 45.0 Å². The van der Waals surface area contributed by atoms with Crippen molar-refractivity contribution in [2.24, 2.45) is 5.92 Å². The number of morpholine rings is 1. The summed E-state index contributed by atoms with van der Waals surface area (Å²) in [6.45, 7) is 7.43. The predicted octanol–water partition coefficient (Wildman–Crippen LogP) is 1.12. The molecule has 6 aliphatic rings. The first-order valence-corrected chi connectivity index (χ1v) is 10.6. The number of fused-ring (bicyclic) bond motifs is 4. The highest BCUT2D eigenvalue weighted by molar-refractivity contribution is 5.77. The molecule has 4 saturated heterocycles. The lowest BCUT2D eigenvalue weighted by atomic mass is 9.84. The summed E-state index contributed by atoms with van der Waals surface area (Å²) >= 11 is 0. The Kier molecular flexibility index (Phi) is 5.32. The molecule has 7 nitrogen and oxygen atoms in total. The van der Waals surface area contributed by atoms with E-state index in [-0.39, 0.29) is 18.2 Å². The van der Waals surface area contributed by atoms with Gasteiger partial charge in [0.15, 0.2) is 5.76 Å². The summed E-state index contributed by atoms with van der Waals surface area (Å²) in [4.78, 5) is 19.1. The molecule has 2 atom stereocenters. The topological polar surface area (TPSA) is 57.3 Å². The summed E-state index contributed by atoms with van der Waals surface area (Å²) in [5.74, 6) is 7.59. The highest BCUT2D eigenvalue weighted by atomic mass is 16.5. The van der Waals surface area contributed by atoms with Gasteiger partial charge in [-0.25, -0.2) is 4.79 Å². The fraction of sp³-hybridized carbons (Fsp3) is 0.591. The minimum absolute atomic E-state index is 0.0637. The molecule has 6 aliphatic heterocycles. The second kappa shape index (κ2) is 8.23. The van der Waals surface area contributed by atoms with E-state index in [9.17, 15) is 4.79 Å². The lowest BCUT2D eigenvalue weighted by Crippen LogP contribution is -2.58. The number of piperidine rings is 3. The van der Waals surface area contributed by atoms with Crippen molar-refractivity contribution in [3.8, 4) is 11.8 Å². The Labute approximate surface area is 172 Å². The molecule has 0 aromatic heterocycles. The lowest BCUT2D eigenvalue weighted by Gasteiger charge is -2.45. The zero-order chi connectivity index (χ0) is 19.6. The van der Waals surface area contributed by atoms with Crippen molar-refractivity contribution >= 4 is 6.03 Å². The molecule has 6 heterocycles. The van der Waals surface area contributed by atoms with Crippen LogP contribution in [0.5, 0.6) is 0 Å². The number of hydrogen-bond acceptors (Lipinski definition) is 5. The van der Waals surface area contributed by atoms with E-state index in [4.69, 9.17) is 9.47 Å². The molecule has 154 valence electrons. The van der Waals surface area contributed by atoms with Crippen LogP contribution >= 0.6 is 0 Å². The van der Waals surface area contributed by atoms with Crippen LogP contribution < -0.4 is 5.32 Å². The van der Waals surface area contributed by atoms with Gasteiger partial charge in [0.05, 0.1) is 19.8 Å². The Morgan fingerprint density at radius 2 is 2.03 bits per heavy atom. The third-order valence-electron chi connectivity index (χ3n) is 6.41. The summed E-state index contributed by atoms with van der Waals surface area (Å²) in [5, 5.41) is 3.23. The molecule has 1 unspecified atom stereocenters. The van der Waals surface area contributed by atoms with Crippen LogP contribution in [0.1, 0.15) is 12.8 Å². The normalized spacial score (nSPS) is 33.2. The van der Waals surface area contributed by atoms with Gasteiger partial charge >= 0.3 is 6.03 Å². The summed E-state index contributed by atoms with van der Waals surface area (Å²) in [7, 11) is 0. The fourth-order valence-corrected chi connectivity index (χ4v) is 4.66. The number of hydrogen-bond donors (Lipinski definition) is 1. The fourth-order valence-electron chi connectivity index (χ4n) is 4.66. The van der Waals surface area contributed by atoms with E-state index in [2.05, 4.69) is 27.0 Å². The highest BCUT2D eigenvalue weighted by Gasteiger charge is 2.36. The van der Waals surface area contributed by atoms with E-state index in [1.807, 2.05) is 18.4 Å². The minimum atomic E-state index is -0.149. The molecule has 7 heteroatoms. The average Bonchev–Trinajstić information content (AvgIpc) is 3.17. The molecule has 0 aromatic carbocycles. The first-order chi connectivity index (χ1) is 14.2. The largest absolute Gasteiger partial charge is 0.473 e. The first kappa shape index (κ1) is 18.7. The molecule has 2 amide bonds. The number of carbonyl (C=O) groups excluding carboxylic acids is 1.